The maximum absolute atomic E-state index is 12.9. The SMILES string of the molecule is NC(=S)c1cc(Cl)ccc1Oc1ccccc1C(F)(F)F. The van der Waals surface area contributed by atoms with E-state index in [2.05, 4.69) is 0 Å². The van der Waals surface area contributed by atoms with Crippen LogP contribution in [0.5, 0.6) is 11.5 Å². The molecule has 2 aromatic carbocycles. The normalized spacial score (nSPS) is 11.2. The molecule has 0 aliphatic rings. The number of halogens is 4. The Morgan fingerprint density at radius 2 is 1.76 bits per heavy atom. The number of para-hydroxylation sites is 1. The van der Waals surface area contributed by atoms with Crippen LogP contribution >= 0.6 is 23.8 Å². The Balaban J connectivity index is 2.47. The van der Waals surface area contributed by atoms with Gasteiger partial charge >= 0.3 is 6.18 Å². The highest BCUT2D eigenvalue weighted by Gasteiger charge is 2.34. The summed E-state index contributed by atoms with van der Waals surface area (Å²) in [5.41, 5.74) is 4.92. The summed E-state index contributed by atoms with van der Waals surface area (Å²) in [7, 11) is 0. The third-order valence-corrected chi connectivity index (χ3v) is 3.07. The van der Waals surface area contributed by atoms with Crippen LogP contribution in [0.1, 0.15) is 11.1 Å². The van der Waals surface area contributed by atoms with E-state index in [9.17, 15) is 13.2 Å². The molecule has 0 atom stereocenters. The van der Waals surface area contributed by atoms with E-state index >= 15 is 0 Å². The summed E-state index contributed by atoms with van der Waals surface area (Å²) in [6.45, 7) is 0. The number of rotatable bonds is 3. The Morgan fingerprint density at radius 1 is 1.10 bits per heavy atom. The molecule has 0 fully saturated rings. The summed E-state index contributed by atoms with van der Waals surface area (Å²) in [5, 5.41) is 0.356. The average Bonchev–Trinajstić information content (AvgIpc) is 2.40. The second-order valence-electron chi connectivity index (χ2n) is 4.10. The predicted molar refractivity (Wildman–Crippen MR) is 78.9 cm³/mol. The van der Waals surface area contributed by atoms with Gasteiger partial charge in [-0.3, -0.25) is 0 Å². The van der Waals surface area contributed by atoms with Crippen LogP contribution in [0, 0.1) is 0 Å². The highest BCUT2D eigenvalue weighted by atomic mass is 35.5. The largest absolute Gasteiger partial charge is 0.456 e. The number of alkyl halides is 3. The fraction of sp³-hybridized carbons (Fsp3) is 0.0714. The molecule has 7 heteroatoms. The third kappa shape index (κ3) is 3.65. The van der Waals surface area contributed by atoms with Crippen LogP contribution in [-0.2, 0) is 6.18 Å². The highest BCUT2D eigenvalue weighted by Crippen LogP contribution is 2.38. The van der Waals surface area contributed by atoms with Gasteiger partial charge in [0.25, 0.3) is 0 Å². The molecule has 0 saturated heterocycles. The van der Waals surface area contributed by atoms with E-state index < -0.39 is 11.7 Å². The quantitative estimate of drug-likeness (QED) is 0.822. The first-order chi connectivity index (χ1) is 9.79. The predicted octanol–water partition coefficient (Wildman–Crippen LogP) is 4.79. The molecule has 110 valence electrons. The van der Waals surface area contributed by atoms with Gasteiger partial charge in [-0.05, 0) is 30.3 Å². The van der Waals surface area contributed by atoms with Crippen molar-refractivity contribution in [1.82, 2.24) is 0 Å². The van der Waals surface area contributed by atoms with Gasteiger partial charge in [-0.2, -0.15) is 13.2 Å². The van der Waals surface area contributed by atoms with Gasteiger partial charge in [0, 0.05) is 5.02 Å². The zero-order chi connectivity index (χ0) is 15.6. The van der Waals surface area contributed by atoms with Gasteiger partial charge in [0.15, 0.2) is 0 Å². The van der Waals surface area contributed by atoms with Crippen molar-refractivity contribution in [1.29, 1.82) is 0 Å². The van der Waals surface area contributed by atoms with Crippen molar-refractivity contribution in [2.75, 3.05) is 0 Å². The molecule has 2 rings (SSSR count). The Hall–Kier alpha value is -1.79. The summed E-state index contributed by atoms with van der Waals surface area (Å²) >= 11 is 10.7. The van der Waals surface area contributed by atoms with E-state index in [0.717, 1.165) is 6.07 Å². The fourth-order valence-corrected chi connectivity index (χ4v) is 2.02. The maximum Gasteiger partial charge on any atom is 0.419 e. The van der Waals surface area contributed by atoms with Crippen LogP contribution in [-0.4, -0.2) is 4.99 Å². The highest BCUT2D eigenvalue weighted by molar-refractivity contribution is 7.80. The van der Waals surface area contributed by atoms with E-state index in [1.54, 1.807) is 0 Å². The molecule has 2 N–H and O–H groups in total. The van der Waals surface area contributed by atoms with Crippen molar-refractivity contribution in [3.8, 4) is 11.5 Å². The minimum atomic E-state index is -4.52. The molecular formula is C14H9ClF3NOS. The van der Waals surface area contributed by atoms with Crippen molar-refractivity contribution in [3.63, 3.8) is 0 Å². The molecule has 0 bridgehead atoms. The lowest BCUT2D eigenvalue weighted by Crippen LogP contribution is -2.12. The van der Waals surface area contributed by atoms with Crippen LogP contribution in [0.15, 0.2) is 42.5 Å². The van der Waals surface area contributed by atoms with Gasteiger partial charge in [-0.1, -0.05) is 36.0 Å². The van der Waals surface area contributed by atoms with Gasteiger partial charge in [-0.25, -0.2) is 0 Å². The van der Waals surface area contributed by atoms with Crippen LogP contribution in [0.3, 0.4) is 0 Å². The summed E-state index contributed by atoms with van der Waals surface area (Å²) < 4.78 is 44.1. The van der Waals surface area contributed by atoms with Gasteiger partial charge in [0.05, 0.1) is 11.1 Å². The maximum atomic E-state index is 12.9. The number of nitrogens with two attached hydrogens (primary N) is 1. The summed E-state index contributed by atoms with van der Waals surface area (Å²) in [4.78, 5) is -0.0167. The second-order valence-corrected chi connectivity index (χ2v) is 4.98. The molecule has 0 heterocycles. The van der Waals surface area contributed by atoms with E-state index in [-0.39, 0.29) is 22.1 Å². The molecule has 21 heavy (non-hydrogen) atoms. The van der Waals surface area contributed by atoms with Crippen LogP contribution in [0.4, 0.5) is 13.2 Å². The van der Waals surface area contributed by atoms with Crippen LogP contribution in [0.25, 0.3) is 0 Å². The fourth-order valence-electron chi connectivity index (χ4n) is 1.69. The number of hydrogen-bond acceptors (Lipinski definition) is 2. The van der Waals surface area contributed by atoms with E-state index in [4.69, 9.17) is 34.3 Å². The molecule has 0 aromatic heterocycles. The van der Waals surface area contributed by atoms with Crippen molar-refractivity contribution in [2.45, 2.75) is 6.18 Å². The molecule has 0 unspecified atom stereocenters. The molecule has 2 nitrogen and oxygen atoms in total. The van der Waals surface area contributed by atoms with E-state index in [1.165, 1.54) is 36.4 Å². The van der Waals surface area contributed by atoms with Gasteiger partial charge in [-0.15, -0.1) is 0 Å². The second kappa shape index (κ2) is 5.91. The topological polar surface area (TPSA) is 35.2 Å². The number of ether oxygens (including phenoxy) is 1. The molecule has 0 amide bonds. The van der Waals surface area contributed by atoms with Crippen molar-refractivity contribution < 1.29 is 17.9 Å². The lowest BCUT2D eigenvalue weighted by atomic mass is 10.1. The zero-order valence-corrected chi connectivity index (χ0v) is 12.0. The Morgan fingerprint density at radius 3 is 2.38 bits per heavy atom. The van der Waals surface area contributed by atoms with Gasteiger partial charge in [0.2, 0.25) is 0 Å². The minimum absolute atomic E-state index is 0.0167. The first-order valence-corrected chi connectivity index (χ1v) is 6.51. The zero-order valence-electron chi connectivity index (χ0n) is 10.4. The van der Waals surface area contributed by atoms with Gasteiger partial charge < -0.3 is 10.5 Å². The molecule has 0 aliphatic carbocycles. The Labute approximate surface area is 129 Å². The van der Waals surface area contributed by atoms with Crippen LogP contribution < -0.4 is 10.5 Å². The lowest BCUT2D eigenvalue weighted by Gasteiger charge is -2.15. The molecule has 0 aliphatic heterocycles. The monoisotopic (exact) mass is 331 g/mol. The first kappa shape index (κ1) is 15.6. The average molecular weight is 332 g/mol. The molecule has 0 saturated carbocycles. The van der Waals surface area contributed by atoms with E-state index in [0.29, 0.717) is 5.02 Å². The van der Waals surface area contributed by atoms with Crippen LogP contribution in [0.2, 0.25) is 5.02 Å². The minimum Gasteiger partial charge on any atom is -0.456 e. The molecule has 0 spiro atoms. The van der Waals surface area contributed by atoms with E-state index in [1.807, 2.05) is 0 Å². The molecule has 2 aromatic rings. The summed E-state index contributed by atoms with van der Waals surface area (Å²) in [6, 6.07) is 9.23. The smallest absolute Gasteiger partial charge is 0.419 e. The van der Waals surface area contributed by atoms with Crippen molar-refractivity contribution in [2.24, 2.45) is 5.73 Å². The first-order valence-electron chi connectivity index (χ1n) is 5.72. The molecular weight excluding hydrogens is 323 g/mol. The summed E-state index contributed by atoms with van der Waals surface area (Å²) in [6.07, 6.45) is -4.52. The Bertz CT molecular complexity index is 688. The third-order valence-electron chi connectivity index (χ3n) is 2.62. The van der Waals surface area contributed by atoms with Gasteiger partial charge in [0.1, 0.15) is 16.5 Å². The number of benzene rings is 2. The number of hydrogen-bond donors (Lipinski definition) is 1. The molecule has 0 radical (unpaired) electrons. The van der Waals surface area contributed by atoms with Crippen molar-refractivity contribution >= 4 is 28.8 Å². The van der Waals surface area contributed by atoms with Crippen molar-refractivity contribution in [3.05, 3.63) is 58.6 Å². The Kier molecular flexibility index (Phi) is 4.39. The number of thiocarbonyl (C=S) groups is 1. The standard InChI is InChI=1S/C14H9ClF3NOS/c15-8-5-6-11(9(7-8)13(19)21)20-12-4-2-1-3-10(12)14(16,17)18/h1-7H,(H2,19,21). The summed E-state index contributed by atoms with van der Waals surface area (Å²) in [5.74, 6) is -0.214. The lowest BCUT2D eigenvalue weighted by molar-refractivity contribution is -0.138.